The minimum Gasteiger partial charge on any atom is -0.460 e. The quantitative estimate of drug-likeness (QED) is 0.554. The number of hydrogen-bond acceptors (Lipinski definition) is 5. The Balaban J connectivity index is 1.94. The highest BCUT2D eigenvalue weighted by Gasteiger charge is 2.70. The Morgan fingerprint density at radius 2 is 2.26 bits per heavy atom. The maximum atomic E-state index is 12.0. The monoisotopic (exact) mass is 261 g/mol. The lowest BCUT2D eigenvalue weighted by Gasteiger charge is -2.36. The molecular weight excluding hydrogens is 246 g/mol. The SMILES string of the molecule is C=C(C)C(=O)OC12COC(=O)C3(C#N)CC1CC3C2. The van der Waals surface area contributed by atoms with Crippen molar-refractivity contribution in [3.63, 3.8) is 0 Å². The molecule has 4 bridgehead atoms. The van der Waals surface area contributed by atoms with Crippen molar-refractivity contribution in [3.8, 4) is 6.07 Å². The molecule has 2 aliphatic heterocycles. The van der Waals surface area contributed by atoms with E-state index in [1.165, 1.54) is 0 Å². The van der Waals surface area contributed by atoms with Crippen molar-refractivity contribution < 1.29 is 19.1 Å². The van der Waals surface area contributed by atoms with Crippen molar-refractivity contribution in [2.45, 2.75) is 31.8 Å². The van der Waals surface area contributed by atoms with Crippen LogP contribution in [0.25, 0.3) is 0 Å². The van der Waals surface area contributed by atoms with Gasteiger partial charge in [-0.3, -0.25) is 4.79 Å². The van der Waals surface area contributed by atoms with Crippen LogP contribution in [0.4, 0.5) is 0 Å². The highest BCUT2D eigenvalue weighted by Crippen LogP contribution is 2.63. The highest BCUT2D eigenvalue weighted by molar-refractivity contribution is 5.88. The summed E-state index contributed by atoms with van der Waals surface area (Å²) in [7, 11) is 0. The molecule has 5 nitrogen and oxygen atoms in total. The van der Waals surface area contributed by atoms with Gasteiger partial charge in [-0.25, -0.2) is 4.79 Å². The number of carbonyl (C=O) groups excluding carboxylic acids is 2. The first kappa shape index (κ1) is 12.2. The molecule has 4 rings (SSSR count). The smallest absolute Gasteiger partial charge is 0.333 e. The van der Waals surface area contributed by atoms with E-state index in [1.54, 1.807) is 6.92 Å². The molecule has 0 amide bonds. The molecule has 4 fully saturated rings. The summed E-state index contributed by atoms with van der Waals surface area (Å²) in [6.45, 7) is 5.23. The van der Waals surface area contributed by atoms with Crippen LogP contribution in [0.1, 0.15) is 26.2 Å². The van der Waals surface area contributed by atoms with E-state index in [1.807, 2.05) is 0 Å². The molecule has 0 aromatic heterocycles. The topological polar surface area (TPSA) is 76.4 Å². The predicted molar refractivity (Wildman–Crippen MR) is 63.5 cm³/mol. The van der Waals surface area contributed by atoms with E-state index in [0.717, 1.165) is 6.42 Å². The summed E-state index contributed by atoms with van der Waals surface area (Å²) < 4.78 is 10.8. The van der Waals surface area contributed by atoms with E-state index in [4.69, 9.17) is 9.47 Å². The van der Waals surface area contributed by atoms with Gasteiger partial charge in [0.1, 0.15) is 12.2 Å². The van der Waals surface area contributed by atoms with Gasteiger partial charge in [0.15, 0.2) is 5.41 Å². The highest BCUT2D eigenvalue weighted by atomic mass is 16.6. The number of rotatable bonds is 2. The fourth-order valence-corrected chi connectivity index (χ4v) is 3.78. The van der Waals surface area contributed by atoms with Gasteiger partial charge in [-0.2, -0.15) is 5.26 Å². The number of hydrogen-bond donors (Lipinski definition) is 0. The summed E-state index contributed by atoms with van der Waals surface area (Å²) in [5, 5.41) is 9.34. The van der Waals surface area contributed by atoms with E-state index >= 15 is 0 Å². The van der Waals surface area contributed by atoms with Crippen LogP contribution < -0.4 is 0 Å². The van der Waals surface area contributed by atoms with E-state index in [-0.39, 0.29) is 18.4 Å². The molecule has 4 atom stereocenters. The molecule has 0 aromatic carbocycles. The van der Waals surface area contributed by atoms with Gasteiger partial charge in [-0.15, -0.1) is 0 Å². The number of nitriles is 1. The van der Waals surface area contributed by atoms with Gasteiger partial charge in [0.2, 0.25) is 0 Å². The lowest BCUT2D eigenvalue weighted by Crippen LogP contribution is -2.45. The molecule has 0 radical (unpaired) electrons. The largest absolute Gasteiger partial charge is 0.460 e. The van der Waals surface area contributed by atoms with Crippen molar-refractivity contribution in [2.24, 2.45) is 17.3 Å². The first-order valence-electron chi connectivity index (χ1n) is 6.41. The summed E-state index contributed by atoms with van der Waals surface area (Å²) in [5.74, 6) is -0.927. The van der Waals surface area contributed by atoms with Crippen LogP contribution in [-0.2, 0) is 19.1 Å². The van der Waals surface area contributed by atoms with Crippen LogP contribution in [0.3, 0.4) is 0 Å². The summed E-state index contributed by atoms with van der Waals surface area (Å²) >= 11 is 0. The number of carbonyl (C=O) groups is 2. The van der Waals surface area contributed by atoms with Gasteiger partial charge in [0, 0.05) is 11.5 Å². The van der Waals surface area contributed by atoms with Gasteiger partial charge in [-0.1, -0.05) is 6.58 Å². The Kier molecular flexibility index (Phi) is 2.31. The van der Waals surface area contributed by atoms with Crippen LogP contribution >= 0.6 is 0 Å². The first-order valence-corrected chi connectivity index (χ1v) is 6.41. The average molecular weight is 261 g/mol. The van der Waals surface area contributed by atoms with E-state index < -0.39 is 23.0 Å². The molecular formula is C14H15NO4. The Morgan fingerprint density at radius 3 is 2.79 bits per heavy atom. The summed E-state index contributed by atoms with van der Waals surface area (Å²) in [6, 6.07) is 2.15. The number of fused-ring (bicyclic) bond motifs is 2. The number of nitrogens with zero attached hydrogens (tertiary/aromatic N) is 1. The third kappa shape index (κ3) is 1.40. The second-order valence-corrected chi connectivity index (χ2v) is 5.93. The summed E-state index contributed by atoms with van der Waals surface area (Å²) in [5.41, 5.74) is -1.42. The minimum absolute atomic E-state index is 0.0342. The predicted octanol–water partition coefficient (Wildman–Crippen LogP) is 1.34. The van der Waals surface area contributed by atoms with Crippen molar-refractivity contribution in [1.29, 1.82) is 5.26 Å². The molecule has 2 aliphatic carbocycles. The van der Waals surface area contributed by atoms with Crippen LogP contribution in [0, 0.1) is 28.6 Å². The average Bonchev–Trinajstić information content (AvgIpc) is 2.85. The van der Waals surface area contributed by atoms with Crippen molar-refractivity contribution >= 4 is 11.9 Å². The summed E-state index contributed by atoms with van der Waals surface area (Å²) in [4.78, 5) is 23.8. The molecule has 0 spiro atoms. The Morgan fingerprint density at radius 1 is 1.53 bits per heavy atom. The Bertz CT molecular complexity index is 534. The third-order valence-electron chi connectivity index (χ3n) is 4.83. The van der Waals surface area contributed by atoms with Crippen LogP contribution in [0.15, 0.2) is 12.2 Å². The van der Waals surface area contributed by atoms with Gasteiger partial charge in [-0.05, 0) is 32.1 Å². The van der Waals surface area contributed by atoms with E-state index in [9.17, 15) is 14.9 Å². The second-order valence-electron chi connectivity index (χ2n) is 5.93. The molecule has 4 aliphatic rings. The molecule has 4 unspecified atom stereocenters. The van der Waals surface area contributed by atoms with E-state index in [0.29, 0.717) is 18.4 Å². The number of ether oxygens (including phenoxy) is 2. The van der Waals surface area contributed by atoms with Crippen molar-refractivity contribution in [2.75, 3.05) is 6.61 Å². The van der Waals surface area contributed by atoms with Gasteiger partial charge in [0.25, 0.3) is 0 Å². The molecule has 2 saturated heterocycles. The molecule has 0 N–H and O–H groups in total. The van der Waals surface area contributed by atoms with Crippen LogP contribution in [0.2, 0.25) is 0 Å². The maximum absolute atomic E-state index is 12.0. The zero-order valence-corrected chi connectivity index (χ0v) is 10.8. The molecule has 19 heavy (non-hydrogen) atoms. The van der Waals surface area contributed by atoms with Gasteiger partial charge < -0.3 is 9.47 Å². The van der Waals surface area contributed by atoms with Crippen molar-refractivity contribution in [3.05, 3.63) is 12.2 Å². The van der Waals surface area contributed by atoms with E-state index in [2.05, 4.69) is 12.6 Å². The second kappa shape index (κ2) is 3.60. The number of esters is 2. The zero-order valence-electron chi connectivity index (χ0n) is 10.8. The van der Waals surface area contributed by atoms with Crippen molar-refractivity contribution in [1.82, 2.24) is 0 Å². The van der Waals surface area contributed by atoms with Crippen LogP contribution in [0.5, 0.6) is 0 Å². The normalized spacial score (nSPS) is 42.4. The molecule has 2 heterocycles. The van der Waals surface area contributed by atoms with Gasteiger partial charge in [0.05, 0.1) is 6.07 Å². The zero-order chi connectivity index (χ0) is 13.8. The molecule has 5 heteroatoms. The fourth-order valence-electron chi connectivity index (χ4n) is 3.78. The Hall–Kier alpha value is -1.83. The molecule has 100 valence electrons. The molecule has 0 aromatic rings. The van der Waals surface area contributed by atoms with Gasteiger partial charge >= 0.3 is 11.9 Å². The lowest BCUT2D eigenvalue weighted by atomic mass is 9.70. The Labute approximate surface area is 111 Å². The third-order valence-corrected chi connectivity index (χ3v) is 4.83. The standard InChI is InChI=1S/C14H15NO4/c1-8(2)11(16)19-14-5-9-3-10(14)4-13(9,6-15)12(17)18-7-14/h9-10H,1,3-5,7H2,2H3. The fraction of sp³-hybridized carbons (Fsp3) is 0.643. The lowest BCUT2D eigenvalue weighted by molar-refractivity contribution is -0.169. The first-order chi connectivity index (χ1) is 8.93. The maximum Gasteiger partial charge on any atom is 0.333 e. The minimum atomic E-state index is -1.01. The summed E-state index contributed by atoms with van der Waals surface area (Å²) in [6.07, 6.45) is 1.73. The van der Waals surface area contributed by atoms with Crippen LogP contribution in [-0.4, -0.2) is 24.1 Å². The molecule has 2 saturated carbocycles.